The van der Waals surface area contributed by atoms with Gasteiger partial charge in [-0.05, 0) is 17.7 Å². The molecule has 1 aromatic carbocycles. The minimum atomic E-state index is 0.722. The lowest BCUT2D eigenvalue weighted by atomic mass is 10.2. The fourth-order valence-electron chi connectivity index (χ4n) is 0.662. The molecule has 0 aliphatic rings. The van der Waals surface area contributed by atoms with E-state index in [1.807, 2.05) is 12.1 Å². The van der Waals surface area contributed by atoms with Crippen molar-refractivity contribution in [1.29, 1.82) is 0 Å². The highest BCUT2D eigenvalue weighted by molar-refractivity contribution is 6.30. The van der Waals surface area contributed by atoms with E-state index in [9.17, 15) is 0 Å². The molecule has 0 radical (unpaired) electrons. The first kappa shape index (κ1) is 8.08. The van der Waals surface area contributed by atoms with E-state index in [4.69, 9.17) is 11.6 Å². The third kappa shape index (κ3) is 2.60. The summed E-state index contributed by atoms with van der Waals surface area (Å²) >= 11 is 5.67. The molecule has 0 heterocycles. The summed E-state index contributed by atoms with van der Waals surface area (Å²) < 4.78 is 0. The summed E-state index contributed by atoms with van der Waals surface area (Å²) in [5.74, 6) is 0. The normalized spacial score (nSPS) is 10.4. The minimum Gasteiger partial charge on any atom is -0.399 e. The van der Waals surface area contributed by atoms with Crippen LogP contribution in [0.4, 0.5) is 0 Å². The second kappa shape index (κ2) is 3.98. The van der Waals surface area contributed by atoms with Gasteiger partial charge in [-0.1, -0.05) is 28.9 Å². The number of benzene rings is 1. The summed E-state index contributed by atoms with van der Waals surface area (Å²) in [6.45, 7) is 0. The van der Waals surface area contributed by atoms with Gasteiger partial charge in [-0.25, -0.2) is 0 Å². The summed E-state index contributed by atoms with van der Waals surface area (Å²) in [4.78, 5) is 4.51. The Morgan fingerprint density at radius 2 is 2.00 bits per heavy atom. The van der Waals surface area contributed by atoms with E-state index in [1.54, 1.807) is 18.3 Å². The van der Waals surface area contributed by atoms with Gasteiger partial charge in [-0.15, -0.1) is 0 Å². The Morgan fingerprint density at radius 1 is 1.36 bits per heavy atom. The average Bonchev–Trinajstić information content (AvgIpc) is 2.04. The molecule has 0 amide bonds. The molecule has 0 fully saturated rings. The second-order valence-corrected chi connectivity index (χ2v) is 2.41. The van der Waals surface area contributed by atoms with Crippen LogP contribution in [0.15, 0.2) is 29.4 Å². The predicted octanol–water partition coefficient (Wildman–Crippen LogP) is 2.32. The molecular weight excluding hydrogens is 162 g/mol. The monoisotopic (exact) mass is 169 g/mol. The molecule has 0 N–H and O–H groups in total. The molecule has 11 heavy (non-hydrogen) atoms. The van der Waals surface area contributed by atoms with Gasteiger partial charge in [0.1, 0.15) is 7.11 Å². The van der Waals surface area contributed by atoms with Gasteiger partial charge in [-0.2, -0.15) is 0 Å². The van der Waals surface area contributed by atoms with Crippen LogP contribution in [-0.2, 0) is 4.84 Å². The molecular formula is C8H8ClNO. The summed E-state index contributed by atoms with van der Waals surface area (Å²) in [5.41, 5.74) is 0.969. The molecule has 0 saturated heterocycles. The molecule has 0 atom stereocenters. The van der Waals surface area contributed by atoms with Gasteiger partial charge in [0.05, 0.1) is 6.21 Å². The average molecular weight is 170 g/mol. The van der Waals surface area contributed by atoms with E-state index in [2.05, 4.69) is 9.99 Å². The number of rotatable bonds is 2. The van der Waals surface area contributed by atoms with Crippen LogP contribution in [0, 0.1) is 0 Å². The zero-order chi connectivity index (χ0) is 8.10. The fraction of sp³-hybridized carbons (Fsp3) is 0.125. The van der Waals surface area contributed by atoms with Gasteiger partial charge in [-0.3, -0.25) is 0 Å². The van der Waals surface area contributed by atoms with Crippen LogP contribution in [0.2, 0.25) is 5.02 Å². The number of hydrogen-bond acceptors (Lipinski definition) is 2. The number of hydrogen-bond donors (Lipinski definition) is 0. The van der Waals surface area contributed by atoms with Crippen LogP contribution in [0.1, 0.15) is 5.56 Å². The summed E-state index contributed by atoms with van der Waals surface area (Å²) in [5, 5.41) is 4.33. The largest absolute Gasteiger partial charge is 0.399 e. The van der Waals surface area contributed by atoms with Crippen LogP contribution in [0.5, 0.6) is 0 Å². The molecule has 0 aliphatic heterocycles. The van der Waals surface area contributed by atoms with E-state index in [-0.39, 0.29) is 0 Å². The van der Waals surface area contributed by atoms with Crippen molar-refractivity contribution in [3.63, 3.8) is 0 Å². The van der Waals surface area contributed by atoms with Gasteiger partial charge in [0.25, 0.3) is 0 Å². The number of oxime groups is 1. The molecule has 0 aliphatic carbocycles. The second-order valence-electron chi connectivity index (χ2n) is 1.97. The van der Waals surface area contributed by atoms with Crippen molar-refractivity contribution in [2.45, 2.75) is 0 Å². The zero-order valence-electron chi connectivity index (χ0n) is 6.12. The highest BCUT2D eigenvalue weighted by Gasteiger charge is 1.86. The summed E-state index contributed by atoms with van der Waals surface area (Å²) in [6, 6.07) is 7.34. The van der Waals surface area contributed by atoms with Crippen molar-refractivity contribution in [2.75, 3.05) is 7.11 Å². The smallest absolute Gasteiger partial charge is 0.106 e. The molecule has 0 spiro atoms. The quantitative estimate of drug-likeness (QED) is 0.492. The fourth-order valence-corrected chi connectivity index (χ4v) is 0.788. The van der Waals surface area contributed by atoms with Gasteiger partial charge in [0.15, 0.2) is 0 Å². The highest BCUT2D eigenvalue weighted by atomic mass is 35.5. The highest BCUT2D eigenvalue weighted by Crippen LogP contribution is 2.07. The minimum absolute atomic E-state index is 0.722. The molecule has 0 aromatic heterocycles. The van der Waals surface area contributed by atoms with E-state index in [0.717, 1.165) is 10.6 Å². The Labute approximate surface area is 70.4 Å². The van der Waals surface area contributed by atoms with Gasteiger partial charge in [0, 0.05) is 5.02 Å². The first-order chi connectivity index (χ1) is 5.33. The van der Waals surface area contributed by atoms with E-state index >= 15 is 0 Å². The van der Waals surface area contributed by atoms with Crippen molar-refractivity contribution >= 4 is 17.8 Å². The molecule has 2 nitrogen and oxygen atoms in total. The maximum atomic E-state index is 5.67. The Hall–Kier alpha value is -1.02. The Balaban J connectivity index is 2.73. The topological polar surface area (TPSA) is 21.6 Å². The molecule has 1 aromatic rings. The van der Waals surface area contributed by atoms with Gasteiger partial charge < -0.3 is 4.84 Å². The van der Waals surface area contributed by atoms with Crippen LogP contribution in [0.25, 0.3) is 0 Å². The summed E-state index contributed by atoms with van der Waals surface area (Å²) in [7, 11) is 1.51. The maximum absolute atomic E-state index is 5.67. The lowest BCUT2D eigenvalue weighted by Crippen LogP contribution is -1.79. The first-order valence-corrected chi connectivity index (χ1v) is 3.53. The SMILES string of the molecule is CO/N=C\c1ccc(Cl)cc1. The van der Waals surface area contributed by atoms with E-state index in [1.165, 1.54) is 7.11 Å². The Morgan fingerprint density at radius 3 is 2.55 bits per heavy atom. The Kier molecular flexibility index (Phi) is 2.93. The van der Waals surface area contributed by atoms with Gasteiger partial charge in [0.2, 0.25) is 0 Å². The molecule has 58 valence electrons. The zero-order valence-corrected chi connectivity index (χ0v) is 6.88. The molecule has 1 rings (SSSR count). The molecule has 0 bridgehead atoms. The molecule has 3 heteroatoms. The van der Waals surface area contributed by atoms with Crippen LogP contribution in [-0.4, -0.2) is 13.3 Å². The third-order valence-corrected chi connectivity index (χ3v) is 1.43. The van der Waals surface area contributed by atoms with Crippen LogP contribution in [0.3, 0.4) is 0 Å². The lowest BCUT2D eigenvalue weighted by molar-refractivity contribution is 0.215. The van der Waals surface area contributed by atoms with Crippen molar-refractivity contribution < 1.29 is 4.84 Å². The number of nitrogens with zero attached hydrogens (tertiary/aromatic N) is 1. The van der Waals surface area contributed by atoms with Crippen molar-refractivity contribution in [3.05, 3.63) is 34.9 Å². The lowest BCUT2D eigenvalue weighted by Gasteiger charge is -1.91. The van der Waals surface area contributed by atoms with E-state index in [0.29, 0.717) is 0 Å². The standard InChI is InChI=1S/C8H8ClNO/c1-11-10-6-7-2-4-8(9)5-3-7/h2-6H,1H3/b10-6-. The van der Waals surface area contributed by atoms with Gasteiger partial charge >= 0.3 is 0 Å². The Bertz CT molecular complexity index is 243. The van der Waals surface area contributed by atoms with E-state index < -0.39 is 0 Å². The van der Waals surface area contributed by atoms with Crippen LogP contribution >= 0.6 is 11.6 Å². The predicted molar refractivity (Wildman–Crippen MR) is 46.1 cm³/mol. The summed E-state index contributed by atoms with van der Waals surface area (Å²) in [6.07, 6.45) is 1.62. The van der Waals surface area contributed by atoms with Crippen molar-refractivity contribution in [1.82, 2.24) is 0 Å². The van der Waals surface area contributed by atoms with Crippen molar-refractivity contribution in [2.24, 2.45) is 5.16 Å². The third-order valence-electron chi connectivity index (χ3n) is 1.18. The maximum Gasteiger partial charge on any atom is 0.106 e. The molecule has 0 unspecified atom stereocenters. The molecule has 0 saturated carbocycles. The number of halogens is 1. The van der Waals surface area contributed by atoms with Crippen molar-refractivity contribution in [3.8, 4) is 0 Å². The van der Waals surface area contributed by atoms with Crippen LogP contribution < -0.4 is 0 Å². The first-order valence-electron chi connectivity index (χ1n) is 3.15.